The van der Waals surface area contributed by atoms with Crippen LogP contribution in [0.5, 0.6) is 0 Å². The Balaban J connectivity index is 1.39. The van der Waals surface area contributed by atoms with Crippen LogP contribution < -0.4 is 16.0 Å². The lowest BCUT2D eigenvalue weighted by molar-refractivity contribution is -0.114. The minimum atomic E-state index is -0.465. The van der Waals surface area contributed by atoms with E-state index in [9.17, 15) is 19.2 Å². The SMILES string of the molecule is CC(=O)c1ccc(NC(=O)CSc2ccc(NC(=O)/C(=C/c3ccc(C(C)C)cc3)NC(=O)c3ccccc3)cc2)cc1. The Bertz CT molecular complexity index is 1610. The Kier molecular flexibility index (Phi) is 10.7. The third kappa shape index (κ3) is 9.28. The molecule has 0 aliphatic carbocycles. The van der Waals surface area contributed by atoms with Gasteiger partial charge in [0, 0.05) is 27.4 Å². The molecule has 0 atom stereocenters. The maximum Gasteiger partial charge on any atom is 0.272 e. The molecule has 3 amide bonds. The maximum atomic E-state index is 13.3. The molecule has 4 aromatic rings. The molecular weight excluding hydrogens is 558 g/mol. The van der Waals surface area contributed by atoms with Crippen LogP contribution in [0, 0.1) is 0 Å². The second-order valence-electron chi connectivity index (χ2n) is 10.1. The lowest BCUT2D eigenvalue weighted by Crippen LogP contribution is -2.30. The highest BCUT2D eigenvalue weighted by atomic mass is 32.2. The van der Waals surface area contributed by atoms with E-state index < -0.39 is 5.91 Å². The summed E-state index contributed by atoms with van der Waals surface area (Å²) in [6, 6.07) is 30.4. The predicted octanol–water partition coefficient (Wildman–Crippen LogP) is 7.15. The summed E-state index contributed by atoms with van der Waals surface area (Å²) in [5.74, 6) is -0.501. The predicted molar refractivity (Wildman–Crippen MR) is 173 cm³/mol. The quantitative estimate of drug-likeness (QED) is 0.0976. The Hall–Kier alpha value is -4.95. The molecule has 4 aromatic carbocycles. The molecule has 0 heterocycles. The van der Waals surface area contributed by atoms with Gasteiger partial charge >= 0.3 is 0 Å². The standard InChI is InChI=1S/C35H33N3O4S/c1-23(2)26-11-9-25(10-12-26)21-32(38-34(41)28-7-5-4-6-8-28)35(42)37-30-17-19-31(20-18-30)43-22-33(40)36-29-15-13-27(14-16-29)24(3)39/h4-21,23H,22H2,1-3H3,(H,36,40)(H,37,42)(H,38,41)/b32-21-. The number of carbonyl (C=O) groups is 4. The third-order valence-corrected chi connectivity index (χ3v) is 7.51. The highest BCUT2D eigenvalue weighted by molar-refractivity contribution is 8.00. The van der Waals surface area contributed by atoms with Gasteiger partial charge in [0.15, 0.2) is 5.78 Å². The number of thioether (sulfide) groups is 1. The van der Waals surface area contributed by atoms with E-state index in [2.05, 4.69) is 29.8 Å². The molecule has 218 valence electrons. The lowest BCUT2D eigenvalue weighted by Gasteiger charge is -2.12. The van der Waals surface area contributed by atoms with Gasteiger partial charge < -0.3 is 16.0 Å². The number of Topliss-reactive ketones (excluding diaryl/α,β-unsaturated/α-hetero) is 1. The number of ketones is 1. The number of benzene rings is 4. The molecule has 0 unspecified atom stereocenters. The zero-order valence-corrected chi connectivity index (χ0v) is 25.0. The van der Waals surface area contributed by atoms with Crippen molar-refractivity contribution in [2.75, 3.05) is 16.4 Å². The van der Waals surface area contributed by atoms with Gasteiger partial charge in [-0.2, -0.15) is 0 Å². The van der Waals surface area contributed by atoms with E-state index in [1.807, 2.05) is 42.5 Å². The van der Waals surface area contributed by atoms with Crippen molar-refractivity contribution in [3.63, 3.8) is 0 Å². The monoisotopic (exact) mass is 591 g/mol. The summed E-state index contributed by atoms with van der Waals surface area (Å²) in [6.45, 7) is 5.71. The van der Waals surface area contributed by atoms with Crippen molar-refractivity contribution < 1.29 is 19.2 Å². The van der Waals surface area contributed by atoms with Gasteiger partial charge in [0.25, 0.3) is 11.8 Å². The first-order valence-corrected chi connectivity index (χ1v) is 14.8. The van der Waals surface area contributed by atoms with E-state index in [1.54, 1.807) is 66.7 Å². The number of hydrogen-bond acceptors (Lipinski definition) is 5. The highest BCUT2D eigenvalue weighted by Crippen LogP contribution is 2.22. The largest absolute Gasteiger partial charge is 0.325 e. The van der Waals surface area contributed by atoms with Crippen molar-refractivity contribution in [2.24, 2.45) is 0 Å². The average molecular weight is 592 g/mol. The first-order valence-electron chi connectivity index (χ1n) is 13.8. The molecule has 8 heteroatoms. The van der Waals surface area contributed by atoms with Crippen LogP contribution in [-0.4, -0.2) is 29.3 Å². The number of anilines is 2. The van der Waals surface area contributed by atoms with Gasteiger partial charge in [0.1, 0.15) is 5.70 Å². The summed E-state index contributed by atoms with van der Waals surface area (Å²) < 4.78 is 0. The normalized spacial score (nSPS) is 11.1. The van der Waals surface area contributed by atoms with Crippen molar-refractivity contribution in [1.82, 2.24) is 5.32 Å². The second-order valence-corrected chi connectivity index (χ2v) is 11.2. The minimum absolute atomic E-state index is 0.0337. The average Bonchev–Trinajstić information content (AvgIpc) is 3.01. The zero-order chi connectivity index (χ0) is 30.8. The summed E-state index contributed by atoms with van der Waals surface area (Å²) in [4.78, 5) is 50.9. The van der Waals surface area contributed by atoms with Crippen LogP contribution in [0.3, 0.4) is 0 Å². The van der Waals surface area contributed by atoms with Gasteiger partial charge in [-0.1, -0.05) is 56.3 Å². The van der Waals surface area contributed by atoms with Crippen LogP contribution in [0.1, 0.15) is 58.5 Å². The van der Waals surface area contributed by atoms with Crippen molar-refractivity contribution in [1.29, 1.82) is 0 Å². The Morgan fingerprint density at radius 2 is 1.33 bits per heavy atom. The van der Waals surface area contributed by atoms with Gasteiger partial charge in [-0.05, 0) is 90.7 Å². The van der Waals surface area contributed by atoms with Gasteiger partial charge in [0.2, 0.25) is 5.91 Å². The zero-order valence-electron chi connectivity index (χ0n) is 24.2. The Labute approximate surface area is 255 Å². The molecule has 43 heavy (non-hydrogen) atoms. The van der Waals surface area contributed by atoms with E-state index in [-0.39, 0.29) is 29.0 Å². The molecule has 7 nitrogen and oxygen atoms in total. The van der Waals surface area contributed by atoms with E-state index in [0.29, 0.717) is 28.4 Å². The molecule has 3 N–H and O–H groups in total. The second kappa shape index (κ2) is 14.8. The highest BCUT2D eigenvalue weighted by Gasteiger charge is 2.15. The van der Waals surface area contributed by atoms with Crippen LogP contribution >= 0.6 is 11.8 Å². The number of nitrogens with one attached hydrogen (secondary N) is 3. The van der Waals surface area contributed by atoms with Crippen LogP contribution in [0.4, 0.5) is 11.4 Å². The van der Waals surface area contributed by atoms with Crippen molar-refractivity contribution in [3.05, 3.63) is 131 Å². The molecule has 0 aliphatic rings. The van der Waals surface area contributed by atoms with Gasteiger partial charge in [-0.15, -0.1) is 11.8 Å². The summed E-state index contributed by atoms with van der Waals surface area (Å²) >= 11 is 1.35. The van der Waals surface area contributed by atoms with Crippen molar-refractivity contribution >= 4 is 52.7 Å². The molecule has 0 saturated carbocycles. The smallest absolute Gasteiger partial charge is 0.272 e. The fourth-order valence-electron chi connectivity index (χ4n) is 4.05. The molecule has 0 fully saturated rings. The molecule has 0 spiro atoms. The topological polar surface area (TPSA) is 104 Å². The van der Waals surface area contributed by atoms with Crippen molar-refractivity contribution in [2.45, 2.75) is 31.6 Å². The molecule has 4 rings (SSSR count). The van der Waals surface area contributed by atoms with Crippen LogP contribution in [0.2, 0.25) is 0 Å². The summed E-state index contributed by atoms with van der Waals surface area (Å²) in [6.07, 6.45) is 1.65. The van der Waals surface area contributed by atoms with Crippen LogP contribution in [0.25, 0.3) is 6.08 Å². The fourth-order valence-corrected chi connectivity index (χ4v) is 4.75. The summed E-state index contributed by atoms with van der Waals surface area (Å²) in [5, 5.41) is 8.42. The van der Waals surface area contributed by atoms with Crippen LogP contribution in [0.15, 0.2) is 114 Å². The van der Waals surface area contributed by atoms with Gasteiger partial charge in [-0.25, -0.2) is 0 Å². The first kappa shape index (κ1) is 31.0. The molecule has 0 aromatic heterocycles. The van der Waals surface area contributed by atoms with Gasteiger partial charge in [-0.3, -0.25) is 19.2 Å². The Morgan fingerprint density at radius 1 is 0.721 bits per heavy atom. The van der Waals surface area contributed by atoms with Gasteiger partial charge in [0.05, 0.1) is 5.75 Å². The number of carbonyl (C=O) groups excluding carboxylic acids is 4. The Morgan fingerprint density at radius 3 is 1.93 bits per heavy atom. The maximum absolute atomic E-state index is 13.3. The minimum Gasteiger partial charge on any atom is -0.325 e. The van der Waals surface area contributed by atoms with E-state index >= 15 is 0 Å². The fraction of sp³-hybridized carbons (Fsp3) is 0.143. The molecular formula is C35H33N3O4S. The van der Waals surface area contributed by atoms with E-state index in [0.717, 1.165) is 10.5 Å². The van der Waals surface area contributed by atoms with E-state index in [1.165, 1.54) is 24.2 Å². The third-order valence-electron chi connectivity index (χ3n) is 6.50. The molecule has 0 bridgehead atoms. The van der Waals surface area contributed by atoms with Crippen LogP contribution in [-0.2, 0) is 9.59 Å². The molecule has 0 radical (unpaired) electrons. The number of hydrogen-bond donors (Lipinski definition) is 3. The molecule has 0 aliphatic heterocycles. The number of rotatable bonds is 11. The summed E-state index contributed by atoms with van der Waals surface area (Å²) in [7, 11) is 0. The van der Waals surface area contributed by atoms with E-state index in [4.69, 9.17) is 0 Å². The number of amides is 3. The first-order chi connectivity index (χ1) is 20.7. The lowest BCUT2D eigenvalue weighted by atomic mass is 10.0. The molecule has 0 saturated heterocycles. The summed E-state index contributed by atoms with van der Waals surface area (Å²) in [5.41, 5.74) is 4.25. The van der Waals surface area contributed by atoms with Crippen molar-refractivity contribution in [3.8, 4) is 0 Å².